The number of carbonyl (C=O) groups excluding carboxylic acids is 2. The Morgan fingerprint density at radius 1 is 0.714 bits per heavy atom. The van der Waals surface area contributed by atoms with Gasteiger partial charge in [-0.1, -0.05) is 60.3 Å². The molecule has 0 aromatic heterocycles. The Bertz CT molecular complexity index is 1040. The zero-order valence-electron chi connectivity index (χ0n) is 15.5. The Kier molecular flexibility index (Phi) is 4.69. The highest BCUT2D eigenvalue weighted by Crippen LogP contribution is 2.51. The molecule has 0 atom stereocenters. The second-order valence-corrected chi connectivity index (χ2v) is 7.55. The third-order valence-corrected chi connectivity index (χ3v) is 5.98. The van der Waals surface area contributed by atoms with Crippen molar-refractivity contribution in [3.63, 3.8) is 0 Å². The number of ether oxygens (including phenoxy) is 2. The number of esters is 2. The second kappa shape index (κ2) is 7.17. The van der Waals surface area contributed by atoms with Crippen LogP contribution in [0.4, 0.5) is 0 Å². The van der Waals surface area contributed by atoms with Crippen LogP contribution in [0.1, 0.15) is 11.1 Å². The molecule has 4 rings (SSSR count). The van der Waals surface area contributed by atoms with Crippen molar-refractivity contribution in [3.05, 3.63) is 83.9 Å². The summed E-state index contributed by atoms with van der Waals surface area (Å²) in [5.74, 6) is -1.29. The SMILES string of the molecule is COC(=O)C1(C(=O)OC)c2ccccc2-c2cc(Sc3ccccc3)ccc21. The van der Waals surface area contributed by atoms with Crippen molar-refractivity contribution in [2.24, 2.45) is 0 Å². The fourth-order valence-corrected chi connectivity index (χ4v) is 4.66. The number of hydrogen-bond acceptors (Lipinski definition) is 5. The largest absolute Gasteiger partial charge is 0.468 e. The average Bonchev–Trinajstić information content (AvgIpc) is 3.04. The third kappa shape index (κ3) is 2.62. The van der Waals surface area contributed by atoms with Gasteiger partial charge in [0, 0.05) is 9.79 Å². The van der Waals surface area contributed by atoms with Crippen LogP contribution in [-0.4, -0.2) is 26.2 Å². The Morgan fingerprint density at radius 2 is 1.32 bits per heavy atom. The highest BCUT2D eigenvalue weighted by molar-refractivity contribution is 7.99. The molecule has 0 unspecified atom stereocenters. The number of carbonyl (C=O) groups is 2. The van der Waals surface area contributed by atoms with Gasteiger partial charge in [-0.15, -0.1) is 0 Å². The molecule has 0 heterocycles. The zero-order valence-corrected chi connectivity index (χ0v) is 16.3. The van der Waals surface area contributed by atoms with Gasteiger partial charge in [0.2, 0.25) is 5.41 Å². The molecular formula is C23H18O4S. The second-order valence-electron chi connectivity index (χ2n) is 6.40. The maximum atomic E-state index is 12.9. The summed E-state index contributed by atoms with van der Waals surface area (Å²) in [4.78, 5) is 27.9. The number of hydrogen-bond donors (Lipinski definition) is 0. The van der Waals surface area contributed by atoms with Gasteiger partial charge in [-0.25, -0.2) is 0 Å². The molecule has 0 aliphatic heterocycles. The van der Waals surface area contributed by atoms with E-state index in [1.807, 2.05) is 66.7 Å². The molecule has 28 heavy (non-hydrogen) atoms. The van der Waals surface area contributed by atoms with Crippen LogP contribution in [0.15, 0.2) is 82.6 Å². The van der Waals surface area contributed by atoms with Crippen LogP contribution < -0.4 is 0 Å². The van der Waals surface area contributed by atoms with Crippen LogP contribution in [0.25, 0.3) is 11.1 Å². The van der Waals surface area contributed by atoms with Gasteiger partial charge in [0.15, 0.2) is 0 Å². The summed E-state index contributed by atoms with van der Waals surface area (Å²) in [6.45, 7) is 0. The maximum absolute atomic E-state index is 12.9. The van der Waals surface area contributed by atoms with Crippen molar-refractivity contribution >= 4 is 23.7 Å². The van der Waals surface area contributed by atoms with Gasteiger partial charge in [-0.2, -0.15) is 0 Å². The molecular weight excluding hydrogens is 372 g/mol. The van der Waals surface area contributed by atoms with E-state index in [2.05, 4.69) is 0 Å². The number of rotatable bonds is 4. The minimum atomic E-state index is -1.61. The molecule has 0 N–H and O–H groups in total. The molecule has 1 aliphatic carbocycles. The predicted octanol–water partition coefficient (Wildman–Crippen LogP) is 4.45. The average molecular weight is 390 g/mol. The van der Waals surface area contributed by atoms with Gasteiger partial charge in [-0.3, -0.25) is 9.59 Å². The summed E-state index contributed by atoms with van der Waals surface area (Å²) in [5, 5.41) is 0. The van der Waals surface area contributed by atoms with E-state index in [-0.39, 0.29) is 0 Å². The predicted molar refractivity (Wildman–Crippen MR) is 107 cm³/mol. The van der Waals surface area contributed by atoms with Crippen molar-refractivity contribution in [2.75, 3.05) is 14.2 Å². The molecule has 0 spiro atoms. The lowest BCUT2D eigenvalue weighted by molar-refractivity contribution is -0.159. The van der Waals surface area contributed by atoms with Crippen LogP contribution in [0, 0.1) is 0 Å². The first-order valence-electron chi connectivity index (χ1n) is 8.77. The minimum absolute atomic E-state index is 0.588. The lowest BCUT2D eigenvalue weighted by Gasteiger charge is -2.26. The van der Waals surface area contributed by atoms with Gasteiger partial charge >= 0.3 is 11.9 Å². The standard InChI is InChI=1S/C23H18O4S/c1-26-21(24)23(22(25)27-2)19-11-7-6-10-17(19)18-14-16(12-13-20(18)23)28-15-8-4-3-5-9-15/h3-14H,1-2H3. The number of methoxy groups -OCH3 is 2. The maximum Gasteiger partial charge on any atom is 0.332 e. The van der Waals surface area contributed by atoms with Crippen LogP contribution in [0.3, 0.4) is 0 Å². The molecule has 140 valence electrons. The molecule has 5 heteroatoms. The topological polar surface area (TPSA) is 52.6 Å². The lowest BCUT2D eigenvalue weighted by atomic mass is 9.78. The van der Waals surface area contributed by atoms with E-state index in [9.17, 15) is 9.59 Å². The first-order valence-corrected chi connectivity index (χ1v) is 9.58. The Hall–Kier alpha value is -3.05. The molecule has 0 amide bonds. The quantitative estimate of drug-likeness (QED) is 0.487. The van der Waals surface area contributed by atoms with E-state index in [1.54, 1.807) is 17.8 Å². The Labute approximate surface area is 167 Å². The van der Waals surface area contributed by atoms with E-state index in [1.165, 1.54) is 14.2 Å². The van der Waals surface area contributed by atoms with E-state index < -0.39 is 17.4 Å². The van der Waals surface area contributed by atoms with Crippen molar-refractivity contribution < 1.29 is 19.1 Å². The third-order valence-electron chi connectivity index (χ3n) is 4.98. The summed E-state index contributed by atoms with van der Waals surface area (Å²) >= 11 is 1.62. The van der Waals surface area contributed by atoms with Crippen LogP contribution in [-0.2, 0) is 24.5 Å². The molecule has 0 bridgehead atoms. The smallest absolute Gasteiger partial charge is 0.332 e. The minimum Gasteiger partial charge on any atom is -0.468 e. The zero-order chi connectivity index (χ0) is 19.7. The first-order chi connectivity index (χ1) is 13.6. The van der Waals surface area contributed by atoms with Gasteiger partial charge in [0.1, 0.15) is 0 Å². The fraction of sp³-hybridized carbons (Fsp3) is 0.130. The summed E-state index contributed by atoms with van der Waals surface area (Å²) in [6, 6.07) is 23.2. The highest BCUT2D eigenvalue weighted by atomic mass is 32.2. The highest BCUT2D eigenvalue weighted by Gasteiger charge is 2.57. The fourth-order valence-electron chi connectivity index (χ4n) is 3.78. The summed E-state index contributed by atoms with van der Waals surface area (Å²) in [7, 11) is 2.57. The van der Waals surface area contributed by atoms with Crippen LogP contribution in [0.5, 0.6) is 0 Å². The Balaban J connectivity index is 1.92. The van der Waals surface area contributed by atoms with Crippen molar-refractivity contribution in [1.29, 1.82) is 0 Å². The Morgan fingerprint density at radius 3 is 2.00 bits per heavy atom. The summed E-state index contributed by atoms with van der Waals surface area (Å²) in [5.41, 5.74) is 1.25. The lowest BCUT2D eigenvalue weighted by Crippen LogP contribution is -2.45. The van der Waals surface area contributed by atoms with E-state index in [0.29, 0.717) is 11.1 Å². The molecule has 0 radical (unpaired) electrons. The molecule has 4 nitrogen and oxygen atoms in total. The van der Waals surface area contributed by atoms with Gasteiger partial charge in [0.05, 0.1) is 14.2 Å². The molecule has 0 fully saturated rings. The van der Waals surface area contributed by atoms with Crippen molar-refractivity contribution in [2.45, 2.75) is 15.2 Å². The number of benzene rings is 3. The van der Waals surface area contributed by atoms with E-state index >= 15 is 0 Å². The van der Waals surface area contributed by atoms with Gasteiger partial charge in [0.25, 0.3) is 0 Å². The molecule has 1 aliphatic rings. The first kappa shape index (κ1) is 18.3. The molecule has 3 aromatic rings. The van der Waals surface area contributed by atoms with Crippen molar-refractivity contribution in [3.8, 4) is 11.1 Å². The molecule has 3 aromatic carbocycles. The summed E-state index contributed by atoms with van der Waals surface area (Å²) in [6.07, 6.45) is 0. The van der Waals surface area contributed by atoms with Crippen molar-refractivity contribution in [1.82, 2.24) is 0 Å². The monoisotopic (exact) mass is 390 g/mol. The normalized spacial score (nSPS) is 13.4. The van der Waals surface area contributed by atoms with Gasteiger partial charge in [-0.05, 0) is 46.5 Å². The molecule has 0 saturated carbocycles. The van der Waals surface area contributed by atoms with Crippen LogP contribution >= 0.6 is 11.8 Å². The van der Waals surface area contributed by atoms with Crippen LogP contribution in [0.2, 0.25) is 0 Å². The van der Waals surface area contributed by atoms with E-state index in [4.69, 9.17) is 9.47 Å². The number of fused-ring (bicyclic) bond motifs is 3. The van der Waals surface area contributed by atoms with Gasteiger partial charge < -0.3 is 9.47 Å². The van der Waals surface area contributed by atoms with E-state index in [0.717, 1.165) is 20.9 Å². The molecule has 0 saturated heterocycles. The summed E-state index contributed by atoms with van der Waals surface area (Å²) < 4.78 is 10.1.